The van der Waals surface area contributed by atoms with Crippen molar-refractivity contribution in [2.75, 3.05) is 57.5 Å². The number of amides is 1. The van der Waals surface area contributed by atoms with E-state index in [9.17, 15) is 9.59 Å². The van der Waals surface area contributed by atoms with Crippen molar-refractivity contribution in [2.45, 2.75) is 78.0 Å². The van der Waals surface area contributed by atoms with Crippen LogP contribution in [0.5, 0.6) is 5.75 Å². The van der Waals surface area contributed by atoms with Gasteiger partial charge in [0, 0.05) is 80.6 Å². The number of pyridine rings is 1. The number of nitrogens with zero attached hydrogens (tertiary/aromatic N) is 2. The molecule has 41 heavy (non-hydrogen) atoms. The van der Waals surface area contributed by atoms with Crippen molar-refractivity contribution in [3.63, 3.8) is 0 Å². The first-order chi connectivity index (χ1) is 19.8. The van der Waals surface area contributed by atoms with Crippen molar-refractivity contribution in [1.82, 2.24) is 15.2 Å². The van der Waals surface area contributed by atoms with Crippen LogP contribution in [0, 0.1) is 20.8 Å². The van der Waals surface area contributed by atoms with Gasteiger partial charge in [0.2, 0.25) is 0 Å². The molecule has 2 aliphatic heterocycles. The molecule has 3 heterocycles. The summed E-state index contributed by atoms with van der Waals surface area (Å²) >= 11 is 0. The highest BCUT2D eigenvalue weighted by atomic mass is 16.5. The zero-order chi connectivity index (χ0) is 29.0. The number of anilines is 1. The number of morpholine rings is 1. The van der Waals surface area contributed by atoms with Gasteiger partial charge in [-0.2, -0.15) is 0 Å². The van der Waals surface area contributed by atoms with Gasteiger partial charge in [-0.1, -0.05) is 0 Å². The van der Waals surface area contributed by atoms with Crippen molar-refractivity contribution >= 4 is 11.6 Å². The van der Waals surface area contributed by atoms with Gasteiger partial charge in [-0.05, 0) is 83.1 Å². The Labute approximate surface area is 243 Å². The van der Waals surface area contributed by atoms with Gasteiger partial charge in [0.1, 0.15) is 11.4 Å². The van der Waals surface area contributed by atoms with Crippen LogP contribution in [0.25, 0.3) is 0 Å². The number of hydrogen-bond donors (Lipinski definition) is 2. The van der Waals surface area contributed by atoms with E-state index in [4.69, 9.17) is 14.2 Å². The number of hydrogen-bond acceptors (Lipinski definition) is 7. The van der Waals surface area contributed by atoms with Crippen LogP contribution in [0.2, 0.25) is 0 Å². The molecule has 9 nitrogen and oxygen atoms in total. The Hall–Kier alpha value is -2.88. The normalized spacial score (nSPS) is 19.4. The lowest BCUT2D eigenvalue weighted by Crippen LogP contribution is -2.54. The first-order valence-electron chi connectivity index (χ1n) is 15.2. The smallest absolute Gasteiger partial charge is 0.253 e. The van der Waals surface area contributed by atoms with E-state index in [1.165, 1.54) is 0 Å². The number of aromatic amines is 1. The van der Waals surface area contributed by atoms with Gasteiger partial charge in [0.15, 0.2) is 0 Å². The third kappa shape index (κ3) is 6.79. The largest absolute Gasteiger partial charge is 0.486 e. The summed E-state index contributed by atoms with van der Waals surface area (Å²) in [5.74, 6) is 0.533. The second-order valence-electron chi connectivity index (χ2n) is 11.9. The summed E-state index contributed by atoms with van der Waals surface area (Å²) in [6, 6.07) is 6.32. The number of H-pyrrole nitrogens is 1. The summed E-state index contributed by atoms with van der Waals surface area (Å²) in [5.41, 5.74) is 4.38. The molecule has 0 radical (unpaired) electrons. The number of benzene rings is 1. The minimum atomic E-state index is -0.250. The second kappa shape index (κ2) is 13.0. The molecule has 3 aliphatic rings. The van der Waals surface area contributed by atoms with Gasteiger partial charge in [0.05, 0.1) is 13.2 Å². The summed E-state index contributed by atoms with van der Waals surface area (Å²) in [6.07, 6.45) is 5.06. The molecule has 0 spiro atoms. The standard InChI is InChI=1S/C32H46N4O5/c1-5-36(25-7-13-39-14-8-25)29-19-26(41-32(9-6-10-32)21-35-11-15-40-16-12-35)18-27(24(29)4)30(37)33-20-28-22(2)17-23(3)34-31(28)38/h17-19,25H,5-16,20-21H2,1-4H3,(H,33,37)(H,34,38). The molecule has 3 fully saturated rings. The van der Waals surface area contributed by atoms with E-state index in [-0.39, 0.29) is 23.6 Å². The van der Waals surface area contributed by atoms with Crippen LogP contribution in [0.4, 0.5) is 5.69 Å². The maximum Gasteiger partial charge on any atom is 0.253 e. The van der Waals surface area contributed by atoms with Crippen LogP contribution in [-0.4, -0.2) is 80.0 Å². The van der Waals surface area contributed by atoms with Gasteiger partial charge in [-0.3, -0.25) is 14.5 Å². The van der Waals surface area contributed by atoms with E-state index in [1.807, 2.05) is 32.9 Å². The van der Waals surface area contributed by atoms with Gasteiger partial charge in [-0.15, -0.1) is 0 Å². The molecule has 0 unspecified atom stereocenters. The van der Waals surface area contributed by atoms with Crippen molar-refractivity contribution in [3.05, 3.63) is 56.5 Å². The lowest BCUT2D eigenvalue weighted by molar-refractivity contribution is -0.0581. The lowest BCUT2D eigenvalue weighted by atomic mass is 9.79. The molecule has 1 saturated carbocycles. The molecular formula is C32H46N4O5. The summed E-state index contributed by atoms with van der Waals surface area (Å²) < 4.78 is 18.1. The van der Waals surface area contributed by atoms with E-state index in [2.05, 4.69) is 33.1 Å². The van der Waals surface area contributed by atoms with E-state index >= 15 is 0 Å². The van der Waals surface area contributed by atoms with Crippen molar-refractivity contribution in [2.24, 2.45) is 0 Å². The highest BCUT2D eigenvalue weighted by molar-refractivity contribution is 5.97. The number of nitrogens with one attached hydrogen (secondary N) is 2. The Balaban J connectivity index is 1.45. The maximum absolute atomic E-state index is 13.7. The number of aromatic nitrogens is 1. The number of carbonyl (C=O) groups excluding carboxylic acids is 1. The molecule has 9 heteroatoms. The third-order valence-electron chi connectivity index (χ3n) is 9.01. The number of carbonyl (C=O) groups is 1. The number of ether oxygens (including phenoxy) is 3. The predicted octanol–water partition coefficient (Wildman–Crippen LogP) is 3.87. The average molecular weight is 567 g/mol. The van der Waals surface area contributed by atoms with Crippen LogP contribution in [0.3, 0.4) is 0 Å². The summed E-state index contributed by atoms with van der Waals surface area (Å²) in [6.45, 7) is 14.7. The van der Waals surface area contributed by atoms with Crippen molar-refractivity contribution in [3.8, 4) is 5.75 Å². The summed E-state index contributed by atoms with van der Waals surface area (Å²) in [4.78, 5) is 34.0. The van der Waals surface area contributed by atoms with E-state index in [0.717, 1.165) is 113 Å². The van der Waals surface area contributed by atoms with E-state index in [1.54, 1.807) is 0 Å². The van der Waals surface area contributed by atoms with Gasteiger partial charge in [-0.25, -0.2) is 0 Å². The zero-order valence-electron chi connectivity index (χ0n) is 25.1. The average Bonchev–Trinajstić information content (AvgIpc) is 2.94. The fraction of sp³-hybridized carbons (Fsp3) is 0.625. The van der Waals surface area contributed by atoms with Gasteiger partial charge >= 0.3 is 0 Å². The molecule has 224 valence electrons. The molecule has 2 aromatic rings. The zero-order valence-corrected chi connectivity index (χ0v) is 25.1. The Morgan fingerprint density at radius 1 is 1.10 bits per heavy atom. The summed E-state index contributed by atoms with van der Waals surface area (Å²) in [7, 11) is 0. The summed E-state index contributed by atoms with van der Waals surface area (Å²) in [5, 5.41) is 3.03. The van der Waals surface area contributed by atoms with Crippen LogP contribution in [0.15, 0.2) is 23.0 Å². The van der Waals surface area contributed by atoms with Crippen LogP contribution >= 0.6 is 0 Å². The molecule has 1 aromatic heterocycles. The lowest BCUT2D eigenvalue weighted by Gasteiger charge is -2.46. The van der Waals surface area contributed by atoms with Crippen molar-refractivity contribution < 1.29 is 19.0 Å². The first kappa shape index (κ1) is 29.6. The topological polar surface area (TPSA) is 96.1 Å². The Morgan fingerprint density at radius 3 is 2.44 bits per heavy atom. The Morgan fingerprint density at radius 2 is 1.80 bits per heavy atom. The quantitative estimate of drug-likeness (QED) is 0.451. The number of rotatable bonds is 10. The molecule has 2 saturated heterocycles. The minimum Gasteiger partial charge on any atom is -0.486 e. The molecule has 2 N–H and O–H groups in total. The Bertz CT molecular complexity index is 1280. The SMILES string of the molecule is CCN(c1cc(OC2(CN3CCOCC3)CCC2)cc(C(=O)NCc2c(C)cc(C)[nH]c2=O)c1C)C1CCOCC1. The predicted molar refractivity (Wildman–Crippen MR) is 160 cm³/mol. The first-order valence-corrected chi connectivity index (χ1v) is 15.2. The van der Waals surface area contributed by atoms with Crippen LogP contribution in [0.1, 0.15) is 71.8 Å². The number of aryl methyl sites for hydroxylation is 2. The molecule has 0 atom stereocenters. The van der Waals surface area contributed by atoms with Gasteiger partial charge < -0.3 is 29.4 Å². The fourth-order valence-electron chi connectivity index (χ4n) is 6.53. The fourth-order valence-corrected chi connectivity index (χ4v) is 6.53. The van der Waals surface area contributed by atoms with E-state index < -0.39 is 0 Å². The monoisotopic (exact) mass is 566 g/mol. The van der Waals surface area contributed by atoms with E-state index in [0.29, 0.717) is 17.2 Å². The Kier molecular flexibility index (Phi) is 9.36. The molecule has 5 rings (SSSR count). The van der Waals surface area contributed by atoms with Crippen LogP contribution in [-0.2, 0) is 16.0 Å². The third-order valence-corrected chi connectivity index (χ3v) is 9.01. The second-order valence-corrected chi connectivity index (χ2v) is 11.9. The maximum atomic E-state index is 13.7. The molecule has 0 bridgehead atoms. The molecule has 1 amide bonds. The van der Waals surface area contributed by atoms with Crippen molar-refractivity contribution in [1.29, 1.82) is 0 Å². The highest BCUT2D eigenvalue weighted by Gasteiger charge is 2.41. The minimum absolute atomic E-state index is 0.163. The molecular weight excluding hydrogens is 520 g/mol. The molecule has 1 aromatic carbocycles. The highest BCUT2D eigenvalue weighted by Crippen LogP contribution is 2.40. The molecule has 1 aliphatic carbocycles. The van der Waals surface area contributed by atoms with Gasteiger partial charge in [0.25, 0.3) is 11.5 Å². The van der Waals surface area contributed by atoms with Crippen LogP contribution < -0.4 is 20.5 Å².